The number of hydrogen-bond acceptors (Lipinski definition) is 4. The minimum absolute atomic E-state index is 0.0821. The van der Waals surface area contributed by atoms with Crippen LogP contribution < -0.4 is 10.6 Å². The number of pyridine rings is 1. The van der Waals surface area contributed by atoms with Crippen LogP contribution in [0.4, 0.5) is 5.69 Å². The summed E-state index contributed by atoms with van der Waals surface area (Å²) in [5.41, 5.74) is 3.61. The number of carbonyl (C=O) groups excluding carboxylic acids is 1. The van der Waals surface area contributed by atoms with Gasteiger partial charge in [-0.25, -0.2) is 0 Å². The lowest BCUT2D eigenvalue weighted by atomic mass is 10.1. The number of hydrogen-bond donors (Lipinski definition) is 3. The van der Waals surface area contributed by atoms with Crippen molar-refractivity contribution < 1.29 is 9.90 Å². The Labute approximate surface area is 171 Å². The Bertz CT molecular complexity index is 883. The van der Waals surface area contributed by atoms with Gasteiger partial charge in [0.25, 0.3) is 0 Å². The molecule has 0 aliphatic carbocycles. The first-order valence-corrected chi connectivity index (χ1v) is 9.85. The molecule has 5 heteroatoms. The predicted molar refractivity (Wildman–Crippen MR) is 116 cm³/mol. The zero-order valence-corrected chi connectivity index (χ0v) is 16.6. The number of nitrogens with one attached hydrogen (secondary N) is 2. The molecule has 1 amide bonds. The first-order valence-electron chi connectivity index (χ1n) is 9.85. The van der Waals surface area contributed by atoms with Crippen molar-refractivity contribution >= 4 is 11.6 Å². The van der Waals surface area contributed by atoms with Crippen molar-refractivity contribution in [3.63, 3.8) is 0 Å². The molecule has 5 nitrogen and oxygen atoms in total. The molecule has 2 aromatic carbocycles. The molecule has 0 saturated heterocycles. The highest BCUT2D eigenvalue weighted by Gasteiger charge is 2.10. The number of amides is 1. The van der Waals surface area contributed by atoms with Crippen LogP contribution in [0.15, 0.2) is 79.0 Å². The van der Waals surface area contributed by atoms with Crippen LogP contribution >= 0.6 is 0 Å². The van der Waals surface area contributed by atoms with Crippen LogP contribution in [0.5, 0.6) is 0 Å². The van der Waals surface area contributed by atoms with E-state index in [1.54, 1.807) is 6.20 Å². The molecule has 3 N–H and O–H groups in total. The second-order valence-electron chi connectivity index (χ2n) is 7.18. The third-order valence-corrected chi connectivity index (χ3v) is 4.69. The summed E-state index contributed by atoms with van der Waals surface area (Å²) in [6.45, 7) is 2.60. The van der Waals surface area contributed by atoms with E-state index in [1.807, 2.05) is 72.8 Å². The fraction of sp³-hybridized carbons (Fsp3) is 0.250. The van der Waals surface area contributed by atoms with E-state index in [2.05, 4.69) is 22.5 Å². The van der Waals surface area contributed by atoms with Crippen LogP contribution in [0.2, 0.25) is 0 Å². The van der Waals surface area contributed by atoms with Gasteiger partial charge in [0.15, 0.2) is 0 Å². The Balaban J connectivity index is 1.44. The Kier molecular flexibility index (Phi) is 7.50. The van der Waals surface area contributed by atoms with Gasteiger partial charge in [-0.1, -0.05) is 48.5 Å². The number of rotatable bonds is 9. The third-order valence-electron chi connectivity index (χ3n) is 4.69. The number of nitrogens with zero attached hydrogens (tertiary/aromatic N) is 1. The second-order valence-corrected chi connectivity index (χ2v) is 7.18. The van der Waals surface area contributed by atoms with E-state index in [1.165, 1.54) is 5.56 Å². The summed E-state index contributed by atoms with van der Waals surface area (Å²) in [7, 11) is 0. The lowest BCUT2D eigenvalue weighted by Crippen LogP contribution is -2.32. The zero-order chi connectivity index (χ0) is 20.5. The molecule has 0 fully saturated rings. The summed E-state index contributed by atoms with van der Waals surface area (Å²) in [6.07, 6.45) is 2.26. The maximum atomic E-state index is 12.1. The summed E-state index contributed by atoms with van der Waals surface area (Å²) in [6, 6.07) is 23.3. The van der Waals surface area contributed by atoms with E-state index >= 15 is 0 Å². The maximum absolute atomic E-state index is 12.1. The summed E-state index contributed by atoms with van der Waals surface area (Å²) < 4.78 is 0. The van der Waals surface area contributed by atoms with Crippen LogP contribution in [0.1, 0.15) is 29.8 Å². The normalized spacial score (nSPS) is 12.9. The molecule has 1 heterocycles. The minimum atomic E-state index is -0.518. The number of benzene rings is 2. The highest BCUT2D eigenvalue weighted by Crippen LogP contribution is 2.14. The Morgan fingerprint density at radius 3 is 2.41 bits per heavy atom. The van der Waals surface area contributed by atoms with Crippen LogP contribution in [-0.4, -0.2) is 28.6 Å². The topological polar surface area (TPSA) is 74.2 Å². The van der Waals surface area contributed by atoms with Gasteiger partial charge in [-0.05, 0) is 48.7 Å². The van der Waals surface area contributed by atoms with Crippen LogP contribution in [0.3, 0.4) is 0 Å². The van der Waals surface area contributed by atoms with E-state index in [-0.39, 0.29) is 18.4 Å². The molecule has 0 radical (unpaired) electrons. The Morgan fingerprint density at radius 1 is 1.00 bits per heavy atom. The summed E-state index contributed by atoms with van der Waals surface area (Å²) in [5, 5.41) is 16.5. The van der Waals surface area contributed by atoms with Crippen molar-refractivity contribution in [3.8, 4) is 0 Å². The monoisotopic (exact) mass is 389 g/mol. The quantitative estimate of drug-likeness (QED) is 0.524. The third kappa shape index (κ3) is 6.82. The molecule has 0 spiro atoms. The number of aliphatic hydroxyl groups is 1. The van der Waals surface area contributed by atoms with Crippen molar-refractivity contribution in [2.75, 3.05) is 11.9 Å². The van der Waals surface area contributed by atoms with Crippen molar-refractivity contribution in [3.05, 3.63) is 95.8 Å². The molecule has 150 valence electrons. The van der Waals surface area contributed by atoms with Crippen LogP contribution in [-0.2, 0) is 17.6 Å². The minimum Gasteiger partial charge on any atom is -0.387 e. The molecule has 29 heavy (non-hydrogen) atoms. The molecule has 0 unspecified atom stereocenters. The first-order chi connectivity index (χ1) is 14.1. The maximum Gasteiger partial charge on any atom is 0.230 e. The smallest absolute Gasteiger partial charge is 0.230 e. The molecule has 0 aliphatic heterocycles. The lowest BCUT2D eigenvalue weighted by Gasteiger charge is -2.18. The molecule has 0 saturated carbocycles. The van der Waals surface area contributed by atoms with E-state index < -0.39 is 6.10 Å². The van der Waals surface area contributed by atoms with Gasteiger partial charge in [-0.2, -0.15) is 0 Å². The van der Waals surface area contributed by atoms with Gasteiger partial charge in [-0.15, -0.1) is 0 Å². The highest BCUT2D eigenvalue weighted by atomic mass is 16.3. The van der Waals surface area contributed by atoms with Crippen LogP contribution in [0.25, 0.3) is 0 Å². The average molecular weight is 389 g/mol. The van der Waals surface area contributed by atoms with E-state index in [4.69, 9.17) is 0 Å². The van der Waals surface area contributed by atoms with Gasteiger partial charge in [0.2, 0.25) is 5.91 Å². The van der Waals surface area contributed by atoms with Crippen LogP contribution in [0, 0.1) is 0 Å². The average Bonchev–Trinajstić information content (AvgIpc) is 2.75. The molecule has 2 atom stereocenters. The van der Waals surface area contributed by atoms with Gasteiger partial charge in [0.1, 0.15) is 0 Å². The highest BCUT2D eigenvalue weighted by molar-refractivity contribution is 5.91. The molecule has 3 aromatic rings. The van der Waals surface area contributed by atoms with Gasteiger partial charge in [-0.3, -0.25) is 9.78 Å². The first kappa shape index (κ1) is 20.7. The van der Waals surface area contributed by atoms with Crippen molar-refractivity contribution in [2.24, 2.45) is 0 Å². The predicted octanol–water partition coefficient (Wildman–Crippen LogP) is 3.52. The SMILES string of the molecule is C[C@H](Cc1ccc(NC(=O)Cc2ccccn2)cc1)NC[C@@H](O)c1ccccc1. The fourth-order valence-electron chi connectivity index (χ4n) is 3.13. The molecule has 3 rings (SSSR count). The van der Waals surface area contributed by atoms with Gasteiger partial charge in [0, 0.05) is 30.2 Å². The van der Waals surface area contributed by atoms with E-state index in [9.17, 15) is 9.90 Å². The standard InChI is InChI=1S/C24H27N3O2/c1-18(26-17-23(28)20-7-3-2-4-8-20)15-19-10-12-21(13-11-19)27-24(29)16-22-9-5-6-14-25-22/h2-14,18,23,26,28H,15-17H2,1H3,(H,27,29)/t18-,23-/m1/s1. The number of aliphatic hydroxyl groups excluding tert-OH is 1. The number of aromatic nitrogens is 1. The molecular formula is C24H27N3O2. The largest absolute Gasteiger partial charge is 0.387 e. The number of anilines is 1. The van der Waals surface area contributed by atoms with Crippen molar-refractivity contribution in [1.82, 2.24) is 10.3 Å². The number of carbonyl (C=O) groups is 1. The molecular weight excluding hydrogens is 362 g/mol. The Morgan fingerprint density at radius 2 is 1.72 bits per heavy atom. The van der Waals surface area contributed by atoms with E-state index in [0.29, 0.717) is 6.54 Å². The van der Waals surface area contributed by atoms with Crippen molar-refractivity contribution in [2.45, 2.75) is 31.9 Å². The van der Waals surface area contributed by atoms with Crippen molar-refractivity contribution in [1.29, 1.82) is 0 Å². The summed E-state index contributed by atoms with van der Waals surface area (Å²) in [5.74, 6) is -0.0821. The molecule has 0 bridgehead atoms. The fourth-order valence-corrected chi connectivity index (χ4v) is 3.13. The zero-order valence-electron chi connectivity index (χ0n) is 16.6. The second kappa shape index (κ2) is 10.5. The molecule has 0 aliphatic rings. The van der Waals surface area contributed by atoms with Gasteiger partial charge < -0.3 is 15.7 Å². The molecule has 1 aromatic heterocycles. The van der Waals surface area contributed by atoms with E-state index in [0.717, 1.165) is 23.4 Å². The van der Waals surface area contributed by atoms with Gasteiger partial charge in [0.05, 0.1) is 12.5 Å². The Hall–Kier alpha value is -3.02. The summed E-state index contributed by atoms with van der Waals surface area (Å²) >= 11 is 0. The lowest BCUT2D eigenvalue weighted by molar-refractivity contribution is -0.115. The van der Waals surface area contributed by atoms with Gasteiger partial charge >= 0.3 is 0 Å². The summed E-state index contributed by atoms with van der Waals surface area (Å²) in [4.78, 5) is 16.3.